The molecule has 0 spiro atoms. The molecule has 2 N–H and O–H groups in total. The highest BCUT2D eigenvalue weighted by molar-refractivity contribution is 5.18. The van der Waals surface area contributed by atoms with Gasteiger partial charge in [0.1, 0.15) is 6.61 Å². The smallest absolute Gasteiger partial charge is 0.213 e. The van der Waals surface area contributed by atoms with Gasteiger partial charge in [-0.15, -0.1) is 0 Å². The third-order valence-corrected chi connectivity index (χ3v) is 2.37. The Bertz CT molecular complexity index is 465. The molecule has 17 heavy (non-hydrogen) atoms. The zero-order valence-corrected chi connectivity index (χ0v) is 9.76. The summed E-state index contributed by atoms with van der Waals surface area (Å²) >= 11 is 0. The fraction of sp³-hybridized carbons (Fsp3) is 0.231. The van der Waals surface area contributed by atoms with Crippen molar-refractivity contribution in [3.8, 4) is 5.88 Å². The fourth-order valence-corrected chi connectivity index (χ4v) is 1.36. The van der Waals surface area contributed by atoms with Crippen molar-refractivity contribution < 1.29 is 4.74 Å². The van der Waals surface area contributed by atoms with Gasteiger partial charge >= 0.3 is 0 Å². The molecule has 0 atom stereocenters. The van der Waals surface area contributed by atoms with Crippen molar-refractivity contribution in [3.05, 3.63) is 53.5 Å². The number of rotatable bonds is 4. The molecule has 2 heterocycles. The molecule has 4 heteroatoms. The summed E-state index contributed by atoms with van der Waals surface area (Å²) in [6.45, 7) is 2.92. The van der Waals surface area contributed by atoms with Gasteiger partial charge in [-0.05, 0) is 18.6 Å². The van der Waals surface area contributed by atoms with Gasteiger partial charge in [0.05, 0.1) is 5.69 Å². The summed E-state index contributed by atoms with van der Waals surface area (Å²) in [5, 5.41) is 0. The van der Waals surface area contributed by atoms with E-state index in [1.807, 2.05) is 31.2 Å². The van der Waals surface area contributed by atoms with Gasteiger partial charge in [-0.3, -0.25) is 4.98 Å². The number of aromatic nitrogens is 2. The summed E-state index contributed by atoms with van der Waals surface area (Å²) in [4.78, 5) is 8.36. The van der Waals surface area contributed by atoms with Gasteiger partial charge in [-0.1, -0.05) is 12.1 Å². The van der Waals surface area contributed by atoms with E-state index in [9.17, 15) is 0 Å². The van der Waals surface area contributed by atoms with E-state index in [0.717, 1.165) is 16.8 Å². The number of aryl methyl sites for hydroxylation is 1. The lowest BCUT2D eigenvalue weighted by Crippen LogP contribution is -2.02. The van der Waals surface area contributed by atoms with Gasteiger partial charge in [0, 0.05) is 30.6 Å². The molecule has 0 unspecified atom stereocenters. The second-order valence-corrected chi connectivity index (χ2v) is 3.82. The van der Waals surface area contributed by atoms with Crippen LogP contribution in [0.5, 0.6) is 5.88 Å². The zero-order chi connectivity index (χ0) is 12.1. The van der Waals surface area contributed by atoms with Crippen molar-refractivity contribution in [2.45, 2.75) is 20.1 Å². The Balaban J connectivity index is 1.95. The monoisotopic (exact) mass is 229 g/mol. The average molecular weight is 229 g/mol. The molecule has 2 aromatic heterocycles. The highest BCUT2D eigenvalue weighted by atomic mass is 16.5. The average Bonchev–Trinajstić information content (AvgIpc) is 2.39. The van der Waals surface area contributed by atoms with Crippen molar-refractivity contribution >= 4 is 0 Å². The lowest BCUT2D eigenvalue weighted by Gasteiger charge is -2.05. The van der Waals surface area contributed by atoms with Crippen molar-refractivity contribution in [1.82, 2.24) is 9.97 Å². The molecule has 88 valence electrons. The van der Waals surface area contributed by atoms with Crippen LogP contribution in [0.25, 0.3) is 0 Å². The Morgan fingerprint density at radius 2 is 2.00 bits per heavy atom. The summed E-state index contributed by atoms with van der Waals surface area (Å²) in [5.41, 5.74) is 8.47. The van der Waals surface area contributed by atoms with Crippen LogP contribution in [-0.4, -0.2) is 9.97 Å². The Labute approximate surface area is 100 Å². The minimum absolute atomic E-state index is 0.459. The quantitative estimate of drug-likeness (QED) is 0.868. The normalized spacial score (nSPS) is 10.2. The molecule has 2 rings (SSSR count). The summed E-state index contributed by atoms with van der Waals surface area (Å²) in [6, 6.07) is 7.69. The van der Waals surface area contributed by atoms with Crippen LogP contribution in [0.15, 0.2) is 36.7 Å². The topological polar surface area (TPSA) is 61.0 Å². The summed E-state index contributed by atoms with van der Waals surface area (Å²) in [6.07, 6.45) is 3.56. The van der Waals surface area contributed by atoms with E-state index in [-0.39, 0.29) is 0 Å². The van der Waals surface area contributed by atoms with Crippen molar-refractivity contribution in [2.24, 2.45) is 5.73 Å². The third-order valence-electron chi connectivity index (χ3n) is 2.37. The second-order valence-electron chi connectivity index (χ2n) is 3.82. The molecule has 0 saturated carbocycles. The number of nitrogens with two attached hydrogens (primary N) is 1. The summed E-state index contributed by atoms with van der Waals surface area (Å²) in [7, 11) is 0. The maximum Gasteiger partial charge on any atom is 0.213 e. The van der Waals surface area contributed by atoms with E-state index >= 15 is 0 Å². The molecule has 0 saturated heterocycles. The van der Waals surface area contributed by atoms with Crippen LogP contribution in [0.1, 0.15) is 16.8 Å². The molecular weight excluding hydrogens is 214 g/mol. The van der Waals surface area contributed by atoms with Gasteiger partial charge in [0.2, 0.25) is 5.88 Å². The lowest BCUT2D eigenvalue weighted by molar-refractivity contribution is 0.293. The molecule has 0 amide bonds. The maximum absolute atomic E-state index is 5.54. The SMILES string of the molecule is Cc1ccc(OCc2ccc(CN)nc2)nc1. The van der Waals surface area contributed by atoms with Crippen molar-refractivity contribution in [2.75, 3.05) is 0 Å². The molecule has 2 aromatic rings. The minimum Gasteiger partial charge on any atom is -0.473 e. The van der Waals surface area contributed by atoms with Crippen molar-refractivity contribution in [3.63, 3.8) is 0 Å². The lowest BCUT2D eigenvalue weighted by atomic mass is 10.2. The molecule has 0 bridgehead atoms. The van der Waals surface area contributed by atoms with E-state index in [1.165, 1.54) is 0 Å². The third kappa shape index (κ3) is 3.26. The number of hydrogen-bond acceptors (Lipinski definition) is 4. The summed E-state index contributed by atoms with van der Waals surface area (Å²) < 4.78 is 5.54. The standard InChI is InChI=1S/C13H15N3O/c1-10-2-5-13(16-7-10)17-9-11-3-4-12(6-14)15-8-11/h2-5,7-8H,6,9,14H2,1H3. The van der Waals surface area contributed by atoms with Crippen LogP contribution in [0.2, 0.25) is 0 Å². The molecule has 4 nitrogen and oxygen atoms in total. The Morgan fingerprint density at radius 1 is 1.12 bits per heavy atom. The molecular formula is C13H15N3O. The molecule has 0 aliphatic carbocycles. The van der Waals surface area contributed by atoms with Gasteiger partial charge in [0.25, 0.3) is 0 Å². The van der Waals surface area contributed by atoms with E-state index in [4.69, 9.17) is 10.5 Å². The Morgan fingerprint density at radius 3 is 2.59 bits per heavy atom. The first-order valence-electron chi connectivity index (χ1n) is 5.47. The predicted octanol–water partition coefficient (Wildman–Crippen LogP) is 1.82. The van der Waals surface area contributed by atoms with Crippen LogP contribution in [0.4, 0.5) is 0 Å². The first-order valence-corrected chi connectivity index (χ1v) is 5.47. The van der Waals surface area contributed by atoms with Crippen molar-refractivity contribution in [1.29, 1.82) is 0 Å². The number of pyridine rings is 2. The van der Waals surface area contributed by atoms with Crippen LogP contribution in [0, 0.1) is 6.92 Å². The van der Waals surface area contributed by atoms with Gasteiger partial charge in [-0.2, -0.15) is 0 Å². The largest absolute Gasteiger partial charge is 0.473 e. The Hall–Kier alpha value is -1.94. The van der Waals surface area contributed by atoms with Crippen LogP contribution >= 0.6 is 0 Å². The number of nitrogens with zero attached hydrogens (tertiary/aromatic N) is 2. The molecule has 0 aromatic carbocycles. The van der Waals surface area contributed by atoms with Gasteiger partial charge in [-0.25, -0.2) is 4.98 Å². The first kappa shape index (κ1) is 11.5. The van der Waals surface area contributed by atoms with E-state index in [1.54, 1.807) is 12.4 Å². The highest BCUT2D eigenvalue weighted by Gasteiger charge is 1.98. The number of ether oxygens (including phenoxy) is 1. The molecule has 0 aliphatic heterocycles. The maximum atomic E-state index is 5.54. The number of hydrogen-bond donors (Lipinski definition) is 1. The molecule has 0 fully saturated rings. The highest BCUT2D eigenvalue weighted by Crippen LogP contribution is 2.09. The predicted molar refractivity (Wildman–Crippen MR) is 65.4 cm³/mol. The van der Waals surface area contributed by atoms with Crippen LogP contribution in [0.3, 0.4) is 0 Å². The van der Waals surface area contributed by atoms with E-state index in [2.05, 4.69) is 9.97 Å². The van der Waals surface area contributed by atoms with E-state index < -0.39 is 0 Å². The second kappa shape index (κ2) is 5.41. The molecule has 0 aliphatic rings. The minimum atomic E-state index is 0.459. The molecule has 0 radical (unpaired) electrons. The first-order chi connectivity index (χ1) is 8.28. The Kier molecular flexibility index (Phi) is 3.67. The zero-order valence-electron chi connectivity index (χ0n) is 9.76. The fourth-order valence-electron chi connectivity index (χ4n) is 1.36. The van der Waals surface area contributed by atoms with Crippen LogP contribution in [-0.2, 0) is 13.2 Å². The van der Waals surface area contributed by atoms with Crippen LogP contribution < -0.4 is 10.5 Å². The van der Waals surface area contributed by atoms with Gasteiger partial charge < -0.3 is 10.5 Å². The van der Waals surface area contributed by atoms with Gasteiger partial charge in [0.15, 0.2) is 0 Å². The van der Waals surface area contributed by atoms with E-state index in [0.29, 0.717) is 19.0 Å². The summed E-state index contributed by atoms with van der Waals surface area (Å²) in [5.74, 6) is 0.624.